The summed E-state index contributed by atoms with van der Waals surface area (Å²) in [6, 6.07) is 1.60. The van der Waals surface area contributed by atoms with Gasteiger partial charge >= 0.3 is 5.97 Å². The highest BCUT2D eigenvalue weighted by atomic mass is 16.5. The van der Waals surface area contributed by atoms with Crippen LogP contribution in [0.15, 0.2) is 35.6 Å². The van der Waals surface area contributed by atoms with Gasteiger partial charge in [0, 0.05) is 5.69 Å². The fraction of sp³-hybridized carbons (Fsp3) is 0.312. The molecule has 0 aromatic carbocycles. The number of aromatic nitrogens is 1. The van der Waals surface area contributed by atoms with Crippen molar-refractivity contribution < 1.29 is 19.1 Å². The van der Waals surface area contributed by atoms with Crippen LogP contribution in [0.1, 0.15) is 35.8 Å². The molecule has 0 spiro atoms. The van der Waals surface area contributed by atoms with Gasteiger partial charge in [0.05, 0.1) is 24.7 Å². The average molecular weight is 302 g/mol. The highest BCUT2D eigenvalue weighted by Gasteiger charge is 2.23. The van der Waals surface area contributed by atoms with E-state index in [4.69, 9.17) is 15.2 Å². The smallest absolute Gasteiger partial charge is 0.341 e. The molecule has 1 aromatic heterocycles. The van der Waals surface area contributed by atoms with Gasteiger partial charge in [0.25, 0.3) is 0 Å². The highest BCUT2D eigenvalue weighted by molar-refractivity contribution is 5.94. The number of hydrogen-bond acceptors (Lipinski definition) is 5. The molecule has 6 nitrogen and oxygen atoms in total. The number of nitrogens with one attached hydrogen (secondary N) is 1. The van der Waals surface area contributed by atoms with Crippen molar-refractivity contribution in [2.24, 2.45) is 0 Å². The van der Waals surface area contributed by atoms with E-state index in [2.05, 4.69) is 4.98 Å². The lowest BCUT2D eigenvalue weighted by Gasteiger charge is -2.16. The van der Waals surface area contributed by atoms with E-state index in [0.717, 1.165) is 0 Å². The van der Waals surface area contributed by atoms with Gasteiger partial charge in [0.15, 0.2) is 0 Å². The minimum Gasteiger partial charge on any atom is -0.494 e. The molecule has 0 bridgehead atoms. The number of hydrogen-bond donors (Lipinski definition) is 2. The van der Waals surface area contributed by atoms with Gasteiger partial charge in [0.1, 0.15) is 23.1 Å². The zero-order chi connectivity index (χ0) is 16.1. The van der Waals surface area contributed by atoms with Crippen LogP contribution < -0.4 is 5.73 Å². The van der Waals surface area contributed by atoms with Gasteiger partial charge < -0.3 is 20.2 Å². The second kappa shape index (κ2) is 6.83. The van der Waals surface area contributed by atoms with Crippen LogP contribution in [0, 0.1) is 0 Å². The summed E-state index contributed by atoms with van der Waals surface area (Å²) >= 11 is 0. The zero-order valence-corrected chi connectivity index (χ0v) is 12.5. The highest BCUT2D eigenvalue weighted by Crippen LogP contribution is 2.31. The number of aromatic amines is 1. The summed E-state index contributed by atoms with van der Waals surface area (Å²) in [4.78, 5) is 25.9. The van der Waals surface area contributed by atoms with Crippen LogP contribution in [-0.4, -0.2) is 30.1 Å². The van der Waals surface area contributed by atoms with E-state index < -0.39 is 5.97 Å². The molecule has 0 radical (unpaired) electrons. The Balaban J connectivity index is 2.30. The first kappa shape index (κ1) is 15.7. The van der Waals surface area contributed by atoms with Crippen molar-refractivity contribution in [3.63, 3.8) is 0 Å². The molecule has 1 aliphatic rings. The Morgan fingerprint density at radius 1 is 1.41 bits per heavy atom. The molecule has 0 aliphatic heterocycles. The standard InChI is InChI=1S/C16H18N2O4/c1-3-21-11-5-6-12(10(7-11)9-19)14-8-13(15(17)18-14)16(20)22-4-2/h5-8,12,18H,3-4,17H2,1-2H3. The number of nitrogens with two attached hydrogens (primary N) is 1. The number of anilines is 1. The van der Waals surface area contributed by atoms with Crippen LogP contribution in [0.5, 0.6) is 0 Å². The lowest BCUT2D eigenvalue weighted by Crippen LogP contribution is -2.06. The van der Waals surface area contributed by atoms with Gasteiger partial charge in [-0.15, -0.1) is 0 Å². The Bertz CT molecular complexity index is 678. The van der Waals surface area contributed by atoms with Gasteiger partial charge in [-0.25, -0.2) is 9.59 Å². The predicted octanol–water partition coefficient (Wildman–Crippen LogP) is 2.11. The van der Waals surface area contributed by atoms with Gasteiger partial charge in [-0.2, -0.15) is 0 Å². The number of H-pyrrole nitrogens is 1. The van der Waals surface area contributed by atoms with Crippen LogP contribution in [0.4, 0.5) is 5.82 Å². The predicted molar refractivity (Wildman–Crippen MR) is 82.0 cm³/mol. The molecule has 1 heterocycles. The van der Waals surface area contributed by atoms with E-state index in [-0.39, 0.29) is 23.9 Å². The minimum absolute atomic E-state index is 0.215. The Kier molecular flexibility index (Phi) is 4.86. The van der Waals surface area contributed by atoms with Crippen molar-refractivity contribution in [2.45, 2.75) is 19.8 Å². The first-order valence-electron chi connectivity index (χ1n) is 7.03. The maximum atomic E-state index is 11.8. The summed E-state index contributed by atoms with van der Waals surface area (Å²) in [6.07, 6.45) is 5.20. The number of nitrogen functional groups attached to an aromatic ring is 1. The monoisotopic (exact) mass is 302 g/mol. The molecule has 2 rings (SSSR count). The number of ether oxygens (including phenoxy) is 2. The molecule has 0 amide bonds. The number of rotatable bonds is 5. The second-order valence-electron chi connectivity index (χ2n) is 4.65. The molecule has 0 saturated carbocycles. The molecule has 0 fully saturated rings. The van der Waals surface area contributed by atoms with Crippen molar-refractivity contribution in [1.29, 1.82) is 0 Å². The van der Waals surface area contributed by atoms with E-state index in [1.807, 2.05) is 12.9 Å². The van der Waals surface area contributed by atoms with E-state index in [0.29, 0.717) is 23.6 Å². The molecule has 0 saturated heterocycles. The molecule has 6 heteroatoms. The summed E-state index contributed by atoms with van der Waals surface area (Å²) in [5.41, 5.74) is 7.10. The molecular formula is C16H18N2O4. The number of carbonyl (C=O) groups excluding carboxylic acids is 2. The molecule has 1 unspecified atom stereocenters. The topological polar surface area (TPSA) is 94.4 Å². The van der Waals surface area contributed by atoms with Gasteiger partial charge in [-0.1, -0.05) is 6.08 Å². The lowest BCUT2D eigenvalue weighted by atomic mass is 9.92. The normalized spacial score (nSPS) is 16.9. The molecule has 22 heavy (non-hydrogen) atoms. The van der Waals surface area contributed by atoms with Crippen molar-refractivity contribution in [3.8, 4) is 0 Å². The van der Waals surface area contributed by atoms with Gasteiger partial charge in [0.2, 0.25) is 0 Å². The van der Waals surface area contributed by atoms with Crippen molar-refractivity contribution in [1.82, 2.24) is 4.98 Å². The minimum atomic E-state index is -0.496. The number of allylic oxidation sites excluding steroid dienone is 4. The molecule has 1 aliphatic carbocycles. The third kappa shape index (κ3) is 3.13. The summed E-state index contributed by atoms with van der Waals surface area (Å²) in [6.45, 7) is 4.36. The van der Waals surface area contributed by atoms with Crippen LogP contribution in [0.2, 0.25) is 0 Å². The molecule has 1 atom stereocenters. The molecular weight excluding hydrogens is 284 g/mol. The zero-order valence-electron chi connectivity index (χ0n) is 12.5. The summed E-state index contributed by atoms with van der Waals surface area (Å²) in [5, 5.41) is 0. The van der Waals surface area contributed by atoms with E-state index in [1.165, 1.54) is 0 Å². The average Bonchev–Trinajstić information content (AvgIpc) is 2.89. The quantitative estimate of drug-likeness (QED) is 0.641. The largest absolute Gasteiger partial charge is 0.494 e. The summed E-state index contributed by atoms with van der Waals surface area (Å²) in [7, 11) is 0. The fourth-order valence-corrected chi connectivity index (χ4v) is 2.24. The van der Waals surface area contributed by atoms with Crippen LogP contribution in [0.3, 0.4) is 0 Å². The van der Waals surface area contributed by atoms with E-state index in [1.54, 1.807) is 31.2 Å². The van der Waals surface area contributed by atoms with Crippen LogP contribution in [-0.2, 0) is 14.3 Å². The maximum Gasteiger partial charge on any atom is 0.341 e. The van der Waals surface area contributed by atoms with Crippen LogP contribution >= 0.6 is 0 Å². The van der Waals surface area contributed by atoms with Crippen molar-refractivity contribution in [3.05, 3.63) is 46.9 Å². The van der Waals surface area contributed by atoms with E-state index >= 15 is 0 Å². The first-order chi connectivity index (χ1) is 10.6. The Morgan fingerprint density at radius 3 is 2.82 bits per heavy atom. The molecule has 3 N–H and O–H groups in total. The maximum absolute atomic E-state index is 11.8. The fourth-order valence-electron chi connectivity index (χ4n) is 2.24. The second-order valence-corrected chi connectivity index (χ2v) is 4.65. The number of carbonyl (C=O) groups is 1. The third-order valence-electron chi connectivity index (χ3n) is 3.21. The molecule has 1 aromatic rings. The third-order valence-corrected chi connectivity index (χ3v) is 3.21. The van der Waals surface area contributed by atoms with Crippen molar-refractivity contribution >= 4 is 17.7 Å². The number of esters is 1. The summed E-state index contributed by atoms with van der Waals surface area (Å²) in [5.74, 6) is 1.87. The van der Waals surface area contributed by atoms with Crippen LogP contribution in [0.25, 0.3) is 0 Å². The lowest BCUT2D eigenvalue weighted by molar-refractivity contribution is 0.0528. The van der Waals surface area contributed by atoms with Crippen molar-refractivity contribution in [2.75, 3.05) is 18.9 Å². The Morgan fingerprint density at radius 2 is 2.18 bits per heavy atom. The SMILES string of the molecule is CCOC(=O)c1cc(C2C=CC(OCC)=CC2=C=O)[nH]c1N. The van der Waals surface area contributed by atoms with Gasteiger partial charge in [-0.3, -0.25) is 0 Å². The Labute approximate surface area is 128 Å². The summed E-state index contributed by atoms with van der Waals surface area (Å²) < 4.78 is 10.3. The van der Waals surface area contributed by atoms with E-state index in [9.17, 15) is 9.59 Å². The molecule has 116 valence electrons. The first-order valence-corrected chi connectivity index (χ1v) is 7.03. The van der Waals surface area contributed by atoms with Gasteiger partial charge in [-0.05, 0) is 32.1 Å². The Hall–Kier alpha value is -2.72.